The highest BCUT2D eigenvalue weighted by molar-refractivity contribution is 6.88. The Balaban J connectivity index is 2.46. The van der Waals surface area contributed by atoms with E-state index in [4.69, 9.17) is 5.11 Å². The molecule has 0 fully saturated rings. The van der Waals surface area contributed by atoms with Crippen LogP contribution in [0, 0.1) is 0 Å². The second-order valence-corrected chi connectivity index (χ2v) is 10.5. The average Bonchev–Trinajstić information content (AvgIpc) is 2.28. The van der Waals surface area contributed by atoms with Crippen molar-refractivity contribution in [3.05, 3.63) is 29.8 Å². The molecule has 0 aliphatic heterocycles. The van der Waals surface area contributed by atoms with Crippen molar-refractivity contribution in [2.45, 2.75) is 32.3 Å². The fraction of sp³-hybridized carbons (Fsp3) is 0.538. The van der Waals surface area contributed by atoms with Crippen molar-refractivity contribution in [2.24, 2.45) is 0 Å². The SMILES string of the molecule is C[Si](C)(C)c1ccc(CNCC(O)CO)cc1. The zero-order chi connectivity index (χ0) is 12.9. The Morgan fingerprint density at radius 1 is 1.18 bits per heavy atom. The first-order valence-corrected chi connectivity index (χ1v) is 9.52. The Hall–Kier alpha value is -0.683. The van der Waals surface area contributed by atoms with Crippen LogP contribution in [0.4, 0.5) is 0 Å². The summed E-state index contributed by atoms with van der Waals surface area (Å²) >= 11 is 0. The zero-order valence-electron chi connectivity index (χ0n) is 10.9. The van der Waals surface area contributed by atoms with Gasteiger partial charge in [-0.2, -0.15) is 0 Å². The van der Waals surface area contributed by atoms with E-state index in [1.807, 2.05) is 0 Å². The van der Waals surface area contributed by atoms with Crippen LogP contribution in [0.25, 0.3) is 0 Å². The number of benzene rings is 1. The molecule has 1 aromatic carbocycles. The van der Waals surface area contributed by atoms with Crippen molar-refractivity contribution in [3.8, 4) is 0 Å². The third kappa shape index (κ3) is 5.00. The molecule has 1 rings (SSSR count). The molecule has 0 saturated heterocycles. The van der Waals surface area contributed by atoms with Gasteiger partial charge in [-0.25, -0.2) is 0 Å². The molecule has 4 heteroatoms. The van der Waals surface area contributed by atoms with E-state index in [0.717, 1.165) is 6.54 Å². The maximum atomic E-state index is 9.18. The summed E-state index contributed by atoms with van der Waals surface area (Å²) in [6.07, 6.45) is -0.670. The first-order valence-electron chi connectivity index (χ1n) is 6.02. The van der Waals surface area contributed by atoms with Gasteiger partial charge in [-0.1, -0.05) is 49.1 Å². The first-order chi connectivity index (χ1) is 7.93. The quantitative estimate of drug-likeness (QED) is 0.653. The number of aliphatic hydroxyl groups is 2. The van der Waals surface area contributed by atoms with E-state index in [2.05, 4.69) is 49.2 Å². The van der Waals surface area contributed by atoms with Gasteiger partial charge in [-0.3, -0.25) is 0 Å². The van der Waals surface area contributed by atoms with Crippen LogP contribution in [-0.2, 0) is 6.54 Å². The maximum absolute atomic E-state index is 9.18. The molecule has 0 bridgehead atoms. The molecule has 1 unspecified atom stereocenters. The van der Waals surface area contributed by atoms with Gasteiger partial charge < -0.3 is 15.5 Å². The van der Waals surface area contributed by atoms with Gasteiger partial charge in [0.15, 0.2) is 0 Å². The van der Waals surface area contributed by atoms with Crippen LogP contribution < -0.4 is 10.5 Å². The molecule has 1 aromatic rings. The first kappa shape index (κ1) is 14.4. The molecule has 0 aliphatic carbocycles. The van der Waals surface area contributed by atoms with E-state index < -0.39 is 14.2 Å². The molecule has 0 radical (unpaired) electrons. The lowest BCUT2D eigenvalue weighted by Gasteiger charge is -2.17. The van der Waals surface area contributed by atoms with Crippen molar-refractivity contribution < 1.29 is 10.2 Å². The summed E-state index contributed by atoms with van der Waals surface area (Å²) in [7, 11) is -1.20. The van der Waals surface area contributed by atoms with Crippen molar-refractivity contribution in [1.82, 2.24) is 5.32 Å². The van der Waals surface area contributed by atoms with E-state index in [0.29, 0.717) is 6.54 Å². The van der Waals surface area contributed by atoms with Crippen LogP contribution in [-0.4, -0.2) is 37.5 Å². The standard InChI is InChI=1S/C13H23NO2Si/c1-17(2,3)13-6-4-11(5-7-13)8-14-9-12(16)10-15/h4-7,12,14-16H,8-10H2,1-3H3. The van der Waals surface area contributed by atoms with Crippen molar-refractivity contribution in [3.63, 3.8) is 0 Å². The molecule has 3 nitrogen and oxygen atoms in total. The molecule has 0 aliphatic rings. The van der Waals surface area contributed by atoms with Gasteiger partial charge in [-0.05, 0) is 5.56 Å². The molecule has 17 heavy (non-hydrogen) atoms. The third-order valence-corrected chi connectivity index (χ3v) is 4.81. The molecule has 96 valence electrons. The number of hydrogen-bond acceptors (Lipinski definition) is 3. The fourth-order valence-corrected chi connectivity index (χ4v) is 2.74. The van der Waals surface area contributed by atoms with Crippen LogP contribution in [0.2, 0.25) is 19.6 Å². The average molecular weight is 253 g/mol. The predicted molar refractivity (Wildman–Crippen MR) is 74.2 cm³/mol. The Labute approximate surface area is 105 Å². The van der Waals surface area contributed by atoms with Crippen molar-refractivity contribution in [2.75, 3.05) is 13.2 Å². The summed E-state index contributed by atoms with van der Waals surface area (Å²) in [5.74, 6) is 0. The molecular formula is C13H23NO2Si. The van der Waals surface area contributed by atoms with Crippen LogP contribution in [0.5, 0.6) is 0 Å². The Bertz CT molecular complexity index is 332. The molecular weight excluding hydrogens is 230 g/mol. The van der Waals surface area contributed by atoms with Gasteiger partial charge in [0.2, 0.25) is 0 Å². The van der Waals surface area contributed by atoms with Gasteiger partial charge in [0.05, 0.1) is 20.8 Å². The highest BCUT2D eigenvalue weighted by Gasteiger charge is 2.15. The smallest absolute Gasteiger partial charge is 0.0895 e. The topological polar surface area (TPSA) is 52.5 Å². The second-order valence-electron chi connectivity index (χ2n) is 5.41. The van der Waals surface area contributed by atoms with E-state index >= 15 is 0 Å². The lowest BCUT2D eigenvalue weighted by molar-refractivity contribution is 0.0942. The van der Waals surface area contributed by atoms with Gasteiger partial charge in [-0.15, -0.1) is 0 Å². The molecule has 0 amide bonds. The van der Waals surface area contributed by atoms with Crippen LogP contribution in [0.3, 0.4) is 0 Å². The van der Waals surface area contributed by atoms with Gasteiger partial charge in [0.1, 0.15) is 0 Å². The summed E-state index contributed by atoms with van der Waals surface area (Å²) in [4.78, 5) is 0. The van der Waals surface area contributed by atoms with E-state index in [1.165, 1.54) is 10.8 Å². The molecule has 1 atom stereocenters. The summed E-state index contributed by atoms with van der Waals surface area (Å²) in [5.41, 5.74) is 1.21. The van der Waals surface area contributed by atoms with Crippen LogP contribution in [0.15, 0.2) is 24.3 Å². The molecule has 0 saturated carbocycles. The minimum atomic E-state index is -1.20. The Kier molecular flexibility index (Phi) is 5.33. The van der Waals surface area contributed by atoms with E-state index in [1.54, 1.807) is 0 Å². The second kappa shape index (κ2) is 6.30. The number of rotatable bonds is 6. The highest BCUT2D eigenvalue weighted by atomic mass is 28.3. The number of aliphatic hydroxyl groups excluding tert-OH is 2. The Morgan fingerprint density at radius 3 is 2.24 bits per heavy atom. The largest absolute Gasteiger partial charge is 0.394 e. The van der Waals surface area contributed by atoms with Crippen molar-refractivity contribution in [1.29, 1.82) is 0 Å². The van der Waals surface area contributed by atoms with Crippen LogP contribution in [0.1, 0.15) is 5.56 Å². The zero-order valence-corrected chi connectivity index (χ0v) is 11.9. The maximum Gasteiger partial charge on any atom is 0.0895 e. The minimum Gasteiger partial charge on any atom is -0.394 e. The molecule has 0 heterocycles. The van der Waals surface area contributed by atoms with E-state index in [9.17, 15) is 5.11 Å². The number of hydrogen-bond donors (Lipinski definition) is 3. The summed E-state index contributed by atoms with van der Waals surface area (Å²) in [6.45, 7) is 7.95. The normalized spacial score (nSPS) is 13.7. The Morgan fingerprint density at radius 2 is 1.76 bits per heavy atom. The lowest BCUT2D eigenvalue weighted by atomic mass is 10.2. The van der Waals surface area contributed by atoms with Gasteiger partial charge in [0.25, 0.3) is 0 Å². The third-order valence-electron chi connectivity index (χ3n) is 2.74. The lowest BCUT2D eigenvalue weighted by Crippen LogP contribution is -2.37. The van der Waals surface area contributed by atoms with Crippen LogP contribution >= 0.6 is 0 Å². The summed E-state index contributed by atoms with van der Waals surface area (Å²) in [5, 5.41) is 22.4. The minimum absolute atomic E-state index is 0.193. The fourth-order valence-electron chi connectivity index (χ4n) is 1.57. The van der Waals surface area contributed by atoms with E-state index in [-0.39, 0.29) is 6.61 Å². The summed E-state index contributed by atoms with van der Waals surface area (Å²) < 4.78 is 0. The molecule has 0 spiro atoms. The van der Waals surface area contributed by atoms with Gasteiger partial charge >= 0.3 is 0 Å². The predicted octanol–water partition coefficient (Wildman–Crippen LogP) is 0.675. The summed E-state index contributed by atoms with van der Waals surface area (Å²) in [6, 6.07) is 8.66. The monoisotopic (exact) mass is 253 g/mol. The molecule has 3 N–H and O–H groups in total. The van der Waals surface area contributed by atoms with Crippen molar-refractivity contribution >= 4 is 13.3 Å². The number of nitrogens with one attached hydrogen (secondary N) is 1. The highest BCUT2D eigenvalue weighted by Crippen LogP contribution is 2.04. The molecule has 0 aromatic heterocycles. The van der Waals surface area contributed by atoms with Gasteiger partial charge in [0, 0.05) is 13.1 Å².